The molecule has 0 aromatic carbocycles. The van der Waals surface area contributed by atoms with Crippen molar-refractivity contribution in [2.75, 3.05) is 6.61 Å². The fraction of sp³-hybridized carbons (Fsp3) is 0.880. The zero-order chi connectivity index (χ0) is 41.0. The number of rotatable bonds is 44. The van der Waals surface area contributed by atoms with Gasteiger partial charge in [0.1, 0.15) is 6.10 Å². The molecule has 0 saturated heterocycles. The number of esters is 1. The van der Waals surface area contributed by atoms with Crippen molar-refractivity contribution in [2.24, 2.45) is 0 Å². The molecule has 3 unspecified atom stereocenters. The van der Waals surface area contributed by atoms with Crippen molar-refractivity contribution in [1.29, 1.82) is 0 Å². The lowest BCUT2D eigenvalue weighted by Crippen LogP contribution is -2.46. The Hall–Kier alpha value is -1.66. The van der Waals surface area contributed by atoms with Gasteiger partial charge in [-0.2, -0.15) is 0 Å². The molecule has 0 aromatic rings. The molecule has 0 saturated carbocycles. The minimum Gasteiger partial charge on any atom is -0.462 e. The van der Waals surface area contributed by atoms with Crippen molar-refractivity contribution < 1.29 is 24.5 Å². The molecule has 0 aromatic heterocycles. The Balaban J connectivity index is 4.42. The van der Waals surface area contributed by atoms with Crippen LogP contribution in [0.3, 0.4) is 0 Å². The van der Waals surface area contributed by atoms with E-state index in [0.717, 1.165) is 77.0 Å². The lowest BCUT2D eigenvalue weighted by atomic mass is 10.0. The van der Waals surface area contributed by atoms with E-state index in [0.29, 0.717) is 19.3 Å². The van der Waals surface area contributed by atoms with Gasteiger partial charge in [0.25, 0.3) is 0 Å². The lowest BCUT2D eigenvalue weighted by Gasteiger charge is -2.24. The molecule has 0 fully saturated rings. The van der Waals surface area contributed by atoms with Crippen molar-refractivity contribution in [2.45, 2.75) is 277 Å². The Morgan fingerprint density at radius 2 is 0.893 bits per heavy atom. The summed E-state index contributed by atoms with van der Waals surface area (Å²) in [7, 11) is 0. The first kappa shape index (κ1) is 54.3. The van der Waals surface area contributed by atoms with Gasteiger partial charge in [-0.25, -0.2) is 0 Å². The Morgan fingerprint density at radius 3 is 1.36 bits per heavy atom. The third-order valence-electron chi connectivity index (χ3n) is 11.2. The van der Waals surface area contributed by atoms with Gasteiger partial charge in [0.15, 0.2) is 0 Å². The number of aliphatic hydroxyl groups is 2. The Labute approximate surface area is 348 Å². The minimum absolute atomic E-state index is 0.0633. The van der Waals surface area contributed by atoms with E-state index >= 15 is 0 Å². The number of unbranched alkanes of at least 4 members (excludes halogenated alkanes) is 28. The van der Waals surface area contributed by atoms with Crippen molar-refractivity contribution in [1.82, 2.24) is 5.32 Å². The molecule has 0 radical (unpaired) electrons. The Bertz CT molecular complexity index is 889. The highest BCUT2D eigenvalue weighted by Crippen LogP contribution is 2.17. The topological polar surface area (TPSA) is 95.9 Å². The summed E-state index contributed by atoms with van der Waals surface area (Å²) < 4.78 is 5.87. The molecule has 0 aliphatic heterocycles. The first-order chi connectivity index (χ1) is 27.5. The van der Waals surface area contributed by atoms with Crippen LogP contribution < -0.4 is 5.32 Å². The van der Waals surface area contributed by atoms with E-state index in [1.807, 2.05) is 0 Å². The van der Waals surface area contributed by atoms with Crippen LogP contribution >= 0.6 is 0 Å². The van der Waals surface area contributed by atoms with Crippen molar-refractivity contribution in [3.8, 4) is 0 Å². The van der Waals surface area contributed by atoms with E-state index in [-0.39, 0.29) is 24.9 Å². The van der Waals surface area contributed by atoms with Gasteiger partial charge in [0, 0.05) is 6.42 Å². The summed E-state index contributed by atoms with van der Waals surface area (Å²) in [6.07, 6.45) is 49.6. The van der Waals surface area contributed by atoms with E-state index in [2.05, 4.69) is 50.4 Å². The Kier molecular flexibility index (Phi) is 43.1. The van der Waals surface area contributed by atoms with Crippen molar-refractivity contribution in [3.63, 3.8) is 0 Å². The third kappa shape index (κ3) is 39.2. The van der Waals surface area contributed by atoms with Crippen LogP contribution in [0.15, 0.2) is 24.3 Å². The number of hydrogen-bond donors (Lipinski definition) is 3. The molecule has 330 valence electrons. The quantitative estimate of drug-likeness (QED) is 0.0324. The minimum atomic E-state index is -0.789. The van der Waals surface area contributed by atoms with Crippen LogP contribution in [0, 0.1) is 0 Å². The van der Waals surface area contributed by atoms with Crippen molar-refractivity contribution >= 4 is 11.9 Å². The highest BCUT2D eigenvalue weighted by molar-refractivity contribution is 5.77. The summed E-state index contributed by atoms with van der Waals surface area (Å²) in [4.78, 5) is 25.9. The maximum Gasteiger partial charge on any atom is 0.306 e. The molecule has 6 heteroatoms. The largest absolute Gasteiger partial charge is 0.462 e. The molecule has 0 rings (SSSR count). The predicted molar refractivity (Wildman–Crippen MR) is 241 cm³/mol. The first-order valence-electron chi connectivity index (χ1n) is 24.6. The van der Waals surface area contributed by atoms with Gasteiger partial charge in [-0.05, 0) is 70.6 Å². The summed E-state index contributed by atoms with van der Waals surface area (Å²) in [6.45, 7) is 6.41. The second-order valence-corrected chi connectivity index (χ2v) is 16.9. The van der Waals surface area contributed by atoms with Crippen LogP contribution in [0.25, 0.3) is 0 Å². The van der Waals surface area contributed by atoms with Gasteiger partial charge in [-0.15, -0.1) is 0 Å². The van der Waals surface area contributed by atoms with Gasteiger partial charge in [-0.1, -0.05) is 199 Å². The van der Waals surface area contributed by atoms with E-state index in [1.54, 1.807) is 0 Å². The van der Waals surface area contributed by atoms with Crippen LogP contribution in [0.4, 0.5) is 0 Å². The maximum absolute atomic E-state index is 13.1. The summed E-state index contributed by atoms with van der Waals surface area (Å²) in [5, 5.41) is 23.7. The predicted octanol–water partition coefficient (Wildman–Crippen LogP) is 14.3. The average Bonchev–Trinajstić information content (AvgIpc) is 3.19. The molecule has 3 N–H and O–H groups in total. The van der Waals surface area contributed by atoms with Gasteiger partial charge < -0.3 is 20.3 Å². The molecule has 6 nitrogen and oxygen atoms in total. The normalized spacial score (nSPS) is 13.4. The fourth-order valence-corrected chi connectivity index (χ4v) is 7.49. The zero-order valence-corrected chi connectivity index (χ0v) is 37.5. The van der Waals surface area contributed by atoms with Crippen LogP contribution in [-0.2, 0) is 14.3 Å². The average molecular weight is 790 g/mol. The second kappa shape index (κ2) is 44.4. The number of hydrogen-bond acceptors (Lipinski definition) is 5. The van der Waals surface area contributed by atoms with E-state index < -0.39 is 18.2 Å². The van der Waals surface area contributed by atoms with Gasteiger partial charge in [0.05, 0.1) is 25.2 Å². The highest BCUT2D eigenvalue weighted by Gasteiger charge is 2.24. The lowest BCUT2D eigenvalue weighted by molar-refractivity contribution is -0.151. The van der Waals surface area contributed by atoms with Crippen LogP contribution in [0.2, 0.25) is 0 Å². The van der Waals surface area contributed by atoms with Gasteiger partial charge in [-0.3, -0.25) is 9.59 Å². The van der Waals surface area contributed by atoms with Crippen LogP contribution in [-0.4, -0.2) is 46.9 Å². The monoisotopic (exact) mass is 790 g/mol. The Morgan fingerprint density at radius 1 is 0.500 bits per heavy atom. The number of nitrogens with one attached hydrogen (secondary N) is 1. The number of allylic oxidation sites excluding steroid dienone is 4. The number of ether oxygens (including phenoxy) is 1. The van der Waals surface area contributed by atoms with Crippen LogP contribution in [0.5, 0.6) is 0 Å². The number of aliphatic hydroxyl groups excluding tert-OH is 2. The SMILES string of the molecule is CCC/C=C\CCCCCC(CC(=O)NC(CO)C(O)CCCCCCCCCCCCCCCCCC)OC(=O)CCCCC/C=C\CCCCCCCC. The molecule has 3 atom stereocenters. The number of carbonyl (C=O) groups excluding carboxylic acids is 2. The zero-order valence-electron chi connectivity index (χ0n) is 37.5. The summed E-state index contributed by atoms with van der Waals surface area (Å²) in [6, 6.07) is -0.704. The molecule has 0 aliphatic carbocycles. The van der Waals surface area contributed by atoms with E-state index in [1.165, 1.54) is 135 Å². The number of amides is 1. The van der Waals surface area contributed by atoms with E-state index in [9.17, 15) is 19.8 Å². The molecule has 0 spiro atoms. The first-order valence-corrected chi connectivity index (χ1v) is 24.6. The molecule has 56 heavy (non-hydrogen) atoms. The highest BCUT2D eigenvalue weighted by atomic mass is 16.5. The molecular formula is C50H95NO5. The standard InChI is InChI=1S/C50H95NO5/c1-4-7-10-13-16-19-21-23-24-25-27-28-30-33-36-39-42-48(53)47(45-52)51-49(54)44-46(41-38-35-32-18-15-12-9-6-3)56-50(55)43-40-37-34-31-29-26-22-20-17-14-11-8-5-2/h12,15,26,29,46-48,52-53H,4-11,13-14,16-25,27-28,30-45H2,1-3H3,(H,51,54)/b15-12-,29-26-. The third-order valence-corrected chi connectivity index (χ3v) is 11.2. The smallest absolute Gasteiger partial charge is 0.306 e. The molecule has 0 bridgehead atoms. The van der Waals surface area contributed by atoms with Crippen molar-refractivity contribution in [3.05, 3.63) is 24.3 Å². The fourth-order valence-electron chi connectivity index (χ4n) is 7.49. The summed E-state index contributed by atoms with van der Waals surface area (Å²) in [5.74, 6) is -0.505. The van der Waals surface area contributed by atoms with E-state index in [4.69, 9.17) is 4.74 Å². The van der Waals surface area contributed by atoms with Gasteiger partial charge >= 0.3 is 5.97 Å². The molecule has 1 amide bonds. The summed E-state index contributed by atoms with van der Waals surface area (Å²) in [5.41, 5.74) is 0. The molecular weight excluding hydrogens is 695 g/mol. The second-order valence-electron chi connectivity index (χ2n) is 16.9. The maximum atomic E-state index is 13.1. The molecule has 0 heterocycles. The van der Waals surface area contributed by atoms with Gasteiger partial charge in [0.2, 0.25) is 5.91 Å². The summed E-state index contributed by atoms with van der Waals surface area (Å²) >= 11 is 0. The number of carbonyl (C=O) groups is 2. The molecule has 0 aliphatic rings. The van der Waals surface area contributed by atoms with Crippen LogP contribution in [0.1, 0.15) is 258 Å².